The summed E-state index contributed by atoms with van der Waals surface area (Å²) in [4.78, 5) is 24.6. The topological polar surface area (TPSA) is 69.6 Å². The highest BCUT2D eigenvalue weighted by atomic mass is 19.4. The summed E-state index contributed by atoms with van der Waals surface area (Å²) in [6.45, 7) is 4.13. The van der Waals surface area contributed by atoms with E-state index >= 15 is 0 Å². The molecule has 1 aliphatic heterocycles. The van der Waals surface area contributed by atoms with Gasteiger partial charge in [-0.25, -0.2) is 4.79 Å². The van der Waals surface area contributed by atoms with Crippen molar-refractivity contribution >= 4 is 11.8 Å². The summed E-state index contributed by atoms with van der Waals surface area (Å²) in [5, 5.41) is 2.42. The summed E-state index contributed by atoms with van der Waals surface area (Å²) < 4.78 is 79.4. The van der Waals surface area contributed by atoms with Gasteiger partial charge in [-0.2, -0.15) is 22.0 Å². The summed E-state index contributed by atoms with van der Waals surface area (Å²) in [6.07, 6.45) is -5.49. The van der Waals surface area contributed by atoms with Crippen LogP contribution >= 0.6 is 0 Å². The van der Waals surface area contributed by atoms with Crippen LogP contribution in [0, 0.1) is 6.92 Å². The van der Waals surface area contributed by atoms with Crippen LogP contribution < -0.4 is 15.6 Å². The van der Waals surface area contributed by atoms with Crippen LogP contribution in [0.5, 0.6) is 5.75 Å². The van der Waals surface area contributed by atoms with Crippen LogP contribution in [0.25, 0.3) is 5.70 Å². The fourth-order valence-electron chi connectivity index (χ4n) is 3.51. The van der Waals surface area contributed by atoms with Gasteiger partial charge >= 0.3 is 18.2 Å². The zero-order valence-corrected chi connectivity index (χ0v) is 17.4. The highest BCUT2D eigenvalue weighted by Crippen LogP contribution is 2.49. The molecule has 0 unspecified atom stereocenters. The van der Waals surface area contributed by atoms with Gasteiger partial charge in [0, 0.05) is 23.4 Å². The molecule has 1 N–H and O–H groups in total. The molecule has 0 spiro atoms. The standard InChI is InChI=1S/C21H19F5N2O4/c1-11-12(20(22,23)21(24,25)26)8-9-13-15(11)16(28-10-6-5-7-14(28)29)17(19(2,3)32-13)27-18(30)31-4/h5-10H,1-4H3,(H,27,30). The molecular formula is C21H19F5N2O4. The molecule has 1 aromatic carbocycles. The summed E-state index contributed by atoms with van der Waals surface area (Å²) in [5.74, 6) is -5.20. The number of carbonyl (C=O) groups is 1. The maximum absolute atomic E-state index is 14.3. The third kappa shape index (κ3) is 3.71. The van der Waals surface area contributed by atoms with Crippen LogP contribution in [0.15, 0.2) is 47.0 Å². The summed E-state index contributed by atoms with van der Waals surface area (Å²) in [5.41, 5.74) is -4.04. The molecule has 32 heavy (non-hydrogen) atoms. The van der Waals surface area contributed by atoms with E-state index in [-0.39, 0.29) is 22.7 Å². The predicted molar refractivity (Wildman–Crippen MR) is 104 cm³/mol. The lowest BCUT2D eigenvalue weighted by Crippen LogP contribution is -2.45. The molecule has 11 heteroatoms. The first kappa shape index (κ1) is 23.3. The quantitative estimate of drug-likeness (QED) is 0.685. The first-order valence-electron chi connectivity index (χ1n) is 9.28. The van der Waals surface area contributed by atoms with Gasteiger partial charge in [-0.3, -0.25) is 14.7 Å². The molecule has 0 atom stereocenters. The van der Waals surface area contributed by atoms with Crippen LogP contribution in [0.1, 0.15) is 30.5 Å². The monoisotopic (exact) mass is 458 g/mol. The number of hydrogen-bond acceptors (Lipinski definition) is 4. The Morgan fingerprint density at radius 2 is 1.78 bits per heavy atom. The van der Waals surface area contributed by atoms with Gasteiger partial charge in [0.1, 0.15) is 11.4 Å². The number of rotatable bonds is 3. The molecule has 1 amide bonds. The Balaban J connectivity index is 2.45. The van der Waals surface area contributed by atoms with Gasteiger partial charge in [0.25, 0.3) is 5.56 Å². The predicted octanol–water partition coefficient (Wildman–Crippen LogP) is 4.55. The van der Waals surface area contributed by atoms with E-state index in [2.05, 4.69) is 10.1 Å². The molecular weight excluding hydrogens is 439 g/mol. The summed E-state index contributed by atoms with van der Waals surface area (Å²) >= 11 is 0. The van der Waals surface area contributed by atoms with Crippen molar-refractivity contribution in [3.8, 4) is 5.75 Å². The minimum Gasteiger partial charge on any atom is -0.481 e. The second kappa shape index (κ2) is 7.64. The lowest BCUT2D eigenvalue weighted by atomic mass is 9.88. The fourth-order valence-corrected chi connectivity index (χ4v) is 3.51. The average molecular weight is 458 g/mol. The lowest BCUT2D eigenvalue weighted by molar-refractivity contribution is -0.289. The van der Waals surface area contributed by atoms with Crippen LogP contribution in [0.4, 0.5) is 26.7 Å². The van der Waals surface area contributed by atoms with E-state index in [1.54, 1.807) is 0 Å². The van der Waals surface area contributed by atoms with Crippen LogP contribution in [0.2, 0.25) is 0 Å². The van der Waals surface area contributed by atoms with E-state index in [1.807, 2.05) is 0 Å². The van der Waals surface area contributed by atoms with E-state index in [0.29, 0.717) is 6.07 Å². The second-order valence-electron chi connectivity index (χ2n) is 7.54. The van der Waals surface area contributed by atoms with Crippen LogP contribution in [0.3, 0.4) is 0 Å². The third-order valence-corrected chi connectivity index (χ3v) is 5.04. The Labute approximate surface area is 179 Å². The normalized spacial score (nSPS) is 15.7. The van der Waals surface area contributed by atoms with Crippen molar-refractivity contribution in [3.63, 3.8) is 0 Å². The Kier molecular flexibility index (Phi) is 5.56. The maximum atomic E-state index is 14.3. The number of pyridine rings is 1. The molecule has 3 rings (SSSR count). The van der Waals surface area contributed by atoms with Crippen molar-refractivity contribution in [2.24, 2.45) is 0 Å². The number of benzene rings is 1. The molecule has 0 aliphatic carbocycles. The summed E-state index contributed by atoms with van der Waals surface area (Å²) in [6, 6.07) is 5.70. The number of ether oxygens (including phenoxy) is 2. The minimum atomic E-state index is -5.85. The Hall–Kier alpha value is -3.37. The van der Waals surface area contributed by atoms with E-state index in [4.69, 9.17) is 4.74 Å². The van der Waals surface area contributed by atoms with Gasteiger partial charge < -0.3 is 9.47 Å². The van der Waals surface area contributed by atoms with Gasteiger partial charge in [0.05, 0.1) is 18.5 Å². The Morgan fingerprint density at radius 1 is 1.12 bits per heavy atom. The number of alkyl carbamates (subject to hydrolysis) is 1. The molecule has 1 aromatic heterocycles. The van der Waals surface area contributed by atoms with Gasteiger partial charge in [-0.1, -0.05) is 6.07 Å². The van der Waals surface area contributed by atoms with E-state index in [9.17, 15) is 31.5 Å². The Morgan fingerprint density at radius 3 is 2.34 bits per heavy atom. The number of nitrogens with zero attached hydrogens (tertiary/aromatic N) is 1. The number of nitrogens with one attached hydrogen (secondary N) is 1. The number of aromatic nitrogens is 1. The Bertz CT molecular complexity index is 1170. The molecule has 0 radical (unpaired) electrons. The van der Waals surface area contributed by atoms with E-state index in [1.165, 1.54) is 38.2 Å². The summed E-state index contributed by atoms with van der Waals surface area (Å²) in [7, 11) is 1.09. The highest BCUT2D eigenvalue weighted by molar-refractivity contribution is 5.83. The first-order chi connectivity index (χ1) is 14.7. The third-order valence-electron chi connectivity index (χ3n) is 5.04. The number of halogens is 5. The average Bonchev–Trinajstić information content (AvgIpc) is 2.68. The second-order valence-corrected chi connectivity index (χ2v) is 7.54. The number of hydrogen-bond donors (Lipinski definition) is 1. The van der Waals surface area contributed by atoms with Crippen molar-refractivity contribution in [1.29, 1.82) is 0 Å². The van der Waals surface area contributed by atoms with E-state index in [0.717, 1.165) is 24.7 Å². The number of methoxy groups -OCH3 is 1. The molecule has 0 bridgehead atoms. The number of amides is 1. The molecule has 0 saturated carbocycles. The lowest BCUT2D eigenvalue weighted by Gasteiger charge is -2.38. The molecule has 1 aliphatic rings. The molecule has 6 nitrogen and oxygen atoms in total. The number of carbonyl (C=O) groups excluding carboxylic acids is 1. The highest BCUT2D eigenvalue weighted by Gasteiger charge is 2.59. The van der Waals surface area contributed by atoms with Gasteiger partial charge in [-0.15, -0.1) is 0 Å². The van der Waals surface area contributed by atoms with E-state index < -0.39 is 40.5 Å². The van der Waals surface area contributed by atoms with Crippen LogP contribution in [-0.4, -0.2) is 29.5 Å². The van der Waals surface area contributed by atoms with Crippen molar-refractivity contribution in [2.45, 2.75) is 38.5 Å². The molecule has 172 valence electrons. The number of alkyl halides is 5. The fraction of sp³-hybridized carbons (Fsp3) is 0.333. The van der Waals surface area contributed by atoms with Crippen LogP contribution in [-0.2, 0) is 10.7 Å². The van der Waals surface area contributed by atoms with Crippen molar-refractivity contribution in [1.82, 2.24) is 9.88 Å². The van der Waals surface area contributed by atoms with Gasteiger partial charge in [0.2, 0.25) is 0 Å². The van der Waals surface area contributed by atoms with Gasteiger partial charge in [-0.05, 0) is 44.5 Å². The minimum absolute atomic E-state index is 0.0320. The zero-order chi connectivity index (χ0) is 24.1. The molecule has 0 saturated heterocycles. The number of fused-ring (bicyclic) bond motifs is 1. The van der Waals surface area contributed by atoms with Crippen molar-refractivity contribution < 1.29 is 36.2 Å². The first-order valence-corrected chi connectivity index (χ1v) is 9.28. The largest absolute Gasteiger partial charge is 0.481 e. The smallest absolute Gasteiger partial charge is 0.458 e. The zero-order valence-electron chi connectivity index (χ0n) is 17.4. The molecule has 2 aromatic rings. The molecule has 2 heterocycles. The molecule has 0 fully saturated rings. The maximum Gasteiger partial charge on any atom is 0.458 e. The SMILES string of the molecule is COC(=O)NC1=C(n2ccccc2=O)c2c(ccc(C(F)(F)C(F)(F)F)c2C)OC1(C)C. The van der Waals surface area contributed by atoms with Crippen molar-refractivity contribution in [2.75, 3.05) is 7.11 Å². The van der Waals surface area contributed by atoms with Crippen molar-refractivity contribution in [3.05, 3.63) is 69.3 Å². The van der Waals surface area contributed by atoms with Gasteiger partial charge in [0.15, 0.2) is 0 Å².